The minimum atomic E-state index is -3.03. The standard InChI is InChI=1S/C11H15N3O4S2/c1-6-9(7(2)15)19-11(12-6)14-10(16)13-8-3-4-20(17,18)5-8/h8H,3-5H2,1-2H3,(H2,12,13,14,16)/t8-/m0/s1. The van der Waals surface area contributed by atoms with Gasteiger partial charge in [0.1, 0.15) is 0 Å². The third-order valence-electron chi connectivity index (χ3n) is 2.90. The maximum absolute atomic E-state index is 11.7. The van der Waals surface area contributed by atoms with E-state index in [0.717, 1.165) is 11.3 Å². The molecule has 0 bridgehead atoms. The Kier molecular flexibility index (Phi) is 4.09. The largest absolute Gasteiger partial charge is 0.334 e. The number of Topliss-reactive ketones (excluding diaryl/α,β-unsaturated/α-hetero) is 1. The number of hydrogen-bond donors (Lipinski definition) is 2. The number of ketones is 1. The summed E-state index contributed by atoms with van der Waals surface area (Å²) in [5.41, 5.74) is 0.571. The molecule has 0 spiro atoms. The van der Waals surface area contributed by atoms with E-state index < -0.39 is 15.9 Å². The van der Waals surface area contributed by atoms with Crippen LogP contribution in [-0.4, -0.2) is 42.8 Å². The van der Waals surface area contributed by atoms with Crippen molar-refractivity contribution in [2.45, 2.75) is 26.3 Å². The number of carbonyl (C=O) groups excluding carboxylic acids is 2. The Morgan fingerprint density at radius 3 is 2.60 bits per heavy atom. The Morgan fingerprint density at radius 1 is 1.40 bits per heavy atom. The van der Waals surface area contributed by atoms with Crippen LogP contribution in [0.25, 0.3) is 0 Å². The molecular formula is C11H15N3O4S2. The van der Waals surface area contributed by atoms with Gasteiger partial charge in [-0.05, 0) is 13.3 Å². The van der Waals surface area contributed by atoms with Crippen molar-refractivity contribution in [1.29, 1.82) is 0 Å². The molecule has 0 aliphatic carbocycles. The van der Waals surface area contributed by atoms with E-state index in [4.69, 9.17) is 0 Å². The fourth-order valence-electron chi connectivity index (χ4n) is 2.00. The Labute approximate surface area is 120 Å². The van der Waals surface area contributed by atoms with Crippen LogP contribution in [0.4, 0.5) is 9.93 Å². The van der Waals surface area contributed by atoms with Crippen molar-refractivity contribution in [2.75, 3.05) is 16.8 Å². The number of hydrogen-bond acceptors (Lipinski definition) is 6. The SMILES string of the molecule is CC(=O)c1sc(NC(=O)N[C@H]2CCS(=O)(=O)C2)nc1C. The molecule has 0 radical (unpaired) electrons. The van der Waals surface area contributed by atoms with Crippen LogP contribution in [0.1, 0.15) is 28.7 Å². The first-order chi connectivity index (χ1) is 9.27. The first-order valence-electron chi connectivity index (χ1n) is 6.03. The highest BCUT2D eigenvalue weighted by Gasteiger charge is 2.29. The van der Waals surface area contributed by atoms with Crippen LogP contribution in [0, 0.1) is 6.92 Å². The smallest absolute Gasteiger partial charge is 0.321 e. The van der Waals surface area contributed by atoms with Gasteiger partial charge in [0.15, 0.2) is 20.8 Å². The van der Waals surface area contributed by atoms with E-state index in [9.17, 15) is 18.0 Å². The minimum Gasteiger partial charge on any atom is -0.334 e. The highest BCUT2D eigenvalue weighted by atomic mass is 32.2. The van der Waals surface area contributed by atoms with Gasteiger partial charge in [0.2, 0.25) is 0 Å². The van der Waals surface area contributed by atoms with Gasteiger partial charge in [-0.25, -0.2) is 18.2 Å². The second kappa shape index (κ2) is 5.49. The lowest BCUT2D eigenvalue weighted by Crippen LogP contribution is -2.38. The van der Waals surface area contributed by atoms with Gasteiger partial charge in [-0.2, -0.15) is 0 Å². The van der Waals surface area contributed by atoms with Gasteiger partial charge in [-0.15, -0.1) is 0 Å². The summed E-state index contributed by atoms with van der Waals surface area (Å²) < 4.78 is 22.6. The summed E-state index contributed by atoms with van der Waals surface area (Å²) >= 11 is 1.10. The molecule has 7 nitrogen and oxygen atoms in total. The van der Waals surface area contributed by atoms with Crippen molar-refractivity contribution in [3.63, 3.8) is 0 Å². The second-order valence-electron chi connectivity index (χ2n) is 4.69. The van der Waals surface area contributed by atoms with Gasteiger partial charge in [0, 0.05) is 13.0 Å². The topological polar surface area (TPSA) is 105 Å². The van der Waals surface area contributed by atoms with Gasteiger partial charge in [-0.3, -0.25) is 10.1 Å². The van der Waals surface area contributed by atoms with Gasteiger partial charge < -0.3 is 5.32 Å². The molecule has 1 saturated heterocycles. The average Bonchev–Trinajstić information content (AvgIpc) is 2.81. The first kappa shape index (κ1) is 14.9. The van der Waals surface area contributed by atoms with Gasteiger partial charge in [0.05, 0.1) is 22.1 Å². The molecule has 0 unspecified atom stereocenters. The summed E-state index contributed by atoms with van der Waals surface area (Å²) in [5.74, 6) is -0.0333. The number of sulfone groups is 1. The number of thiazole rings is 1. The van der Waals surface area contributed by atoms with Crippen LogP contribution < -0.4 is 10.6 Å². The number of rotatable bonds is 3. The van der Waals surface area contributed by atoms with Crippen LogP contribution in [0.2, 0.25) is 0 Å². The molecule has 2 amide bonds. The number of anilines is 1. The zero-order chi connectivity index (χ0) is 14.9. The summed E-state index contributed by atoms with van der Waals surface area (Å²) in [7, 11) is -3.03. The normalized spacial score (nSPS) is 20.6. The van der Waals surface area contributed by atoms with E-state index in [1.807, 2.05) is 0 Å². The molecular weight excluding hydrogens is 302 g/mol. The minimum absolute atomic E-state index is 0.0317. The highest BCUT2D eigenvalue weighted by molar-refractivity contribution is 7.91. The van der Waals surface area contributed by atoms with Crippen LogP contribution in [-0.2, 0) is 9.84 Å². The Morgan fingerprint density at radius 2 is 2.10 bits per heavy atom. The fraction of sp³-hybridized carbons (Fsp3) is 0.545. The third kappa shape index (κ3) is 3.54. The lowest BCUT2D eigenvalue weighted by atomic mass is 10.3. The van der Waals surface area contributed by atoms with E-state index in [-0.39, 0.29) is 23.3 Å². The zero-order valence-electron chi connectivity index (χ0n) is 11.1. The van der Waals surface area contributed by atoms with E-state index in [2.05, 4.69) is 15.6 Å². The molecule has 0 saturated carbocycles. The quantitative estimate of drug-likeness (QED) is 0.808. The summed E-state index contributed by atoms with van der Waals surface area (Å²) in [4.78, 5) is 27.6. The molecule has 1 aromatic heterocycles. The Balaban J connectivity index is 1.95. The molecule has 2 N–H and O–H groups in total. The molecule has 110 valence electrons. The van der Waals surface area contributed by atoms with Crippen LogP contribution in [0.3, 0.4) is 0 Å². The predicted octanol–water partition coefficient (Wildman–Crippen LogP) is 0.963. The third-order valence-corrected chi connectivity index (χ3v) is 5.85. The number of aromatic nitrogens is 1. The monoisotopic (exact) mass is 317 g/mol. The fourth-order valence-corrected chi connectivity index (χ4v) is 4.53. The molecule has 2 rings (SSSR count). The number of nitrogens with one attached hydrogen (secondary N) is 2. The molecule has 1 aliphatic heterocycles. The van der Waals surface area contributed by atoms with Crippen molar-refractivity contribution in [3.05, 3.63) is 10.6 Å². The van der Waals surface area contributed by atoms with Crippen molar-refractivity contribution in [1.82, 2.24) is 10.3 Å². The predicted molar refractivity (Wildman–Crippen MR) is 76.1 cm³/mol. The van der Waals surface area contributed by atoms with Gasteiger partial charge in [0.25, 0.3) is 0 Å². The van der Waals surface area contributed by atoms with Gasteiger partial charge in [-0.1, -0.05) is 11.3 Å². The molecule has 20 heavy (non-hydrogen) atoms. The van der Waals surface area contributed by atoms with Crippen molar-refractivity contribution in [2.24, 2.45) is 0 Å². The summed E-state index contributed by atoms with van der Waals surface area (Å²) in [5, 5.41) is 5.44. The molecule has 2 heterocycles. The zero-order valence-corrected chi connectivity index (χ0v) is 12.7. The summed E-state index contributed by atoms with van der Waals surface area (Å²) in [6.07, 6.45) is 0.422. The van der Waals surface area contributed by atoms with E-state index in [1.54, 1.807) is 6.92 Å². The molecule has 1 aromatic rings. The lowest BCUT2D eigenvalue weighted by Gasteiger charge is -2.10. The molecule has 1 fully saturated rings. The van der Waals surface area contributed by atoms with Crippen molar-refractivity contribution >= 4 is 38.1 Å². The average molecular weight is 317 g/mol. The summed E-state index contributed by atoms with van der Waals surface area (Å²) in [6.45, 7) is 3.13. The number of nitrogens with zero attached hydrogens (tertiary/aromatic N) is 1. The van der Waals surface area contributed by atoms with Crippen molar-refractivity contribution < 1.29 is 18.0 Å². The first-order valence-corrected chi connectivity index (χ1v) is 8.67. The van der Waals surface area contributed by atoms with Crippen LogP contribution in [0.5, 0.6) is 0 Å². The molecule has 1 atom stereocenters. The molecule has 9 heteroatoms. The van der Waals surface area contributed by atoms with E-state index in [1.165, 1.54) is 6.92 Å². The number of amides is 2. The van der Waals surface area contributed by atoms with Crippen LogP contribution >= 0.6 is 11.3 Å². The van der Waals surface area contributed by atoms with Gasteiger partial charge >= 0.3 is 6.03 Å². The lowest BCUT2D eigenvalue weighted by molar-refractivity contribution is 0.102. The van der Waals surface area contributed by atoms with E-state index >= 15 is 0 Å². The number of aryl methyl sites for hydroxylation is 1. The maximum Gasteiger partial charge on any atom is 0.321 e. The molecule has 0 aromatic carbocycles. The highest BCUT2D eigenvalue weighted by Crippen LogP contribution is 2.22. The Bertz CT molecular complexity index is 651. The van der Waals surface area contributed by atoms with E-state index in [0.29, 0.717) is 22.1 Å². The molecule has 1 aliphatic rings. The number of carbonyl (C=O) groups is 2. The Hall–Kier alpha value is -1.48. The maximum atomic E-state index is 11.7. The van der Waals surface area contributed by atoms with Crippen molar-refractivity contribution in [3.8, 4) is 0 Å². The van der Waals surface area contributed by atoms with Crippen LogP contribution in [0.15, 0.2) is 0 Å². The summed E-state index contributed by atoms with van der Waals surface area (Å²) in [6, 6.07) is -0.871. The second-order valence-corrected chi connectivity index (χ2v) is 7.92. The number of urea groups is 1.